The van der Waals surface area contributed by atoms with Gasteiger partial charge in [-0.2, -0.15) is 0 Å². The summed E-state index contributed by atoms with van der Waals surface area (Å²) in [7, 11) is 0. The number of halogens is 1. The third-order valence-electron chi connectivity index (χ3n) is 3.24. The third kappa shape index (κ3) is 1.62. The van der Waals surface area contributed by atoms with Crippen molar-refractivity contribution in [2.45, 2.75) is 32.2 Å². The second-order valence-electron chi connectivity index (χ2n) is 4.10. The van der Waals surface area contributed by atoms with Crippen molar-refractivity contribution in [3.63, 3.8) is 0 Å². The Labute approximate surface area is 78.7 Å². The Morgan fingerprint density at radius 3 is 2.77 bits per heavy atom. The van der Waals surface area contributed by atoms with E-state index in [9.17, 15) is 4.39 Å². The molecule has 0 heterocycles. The van der Waals surface area contributed by atoms with Gasteiger partial charge in [-0.15, -0.1) is 0 Å². The van der Waals surface area contributed by atoms with Crippen molar-refractivity contribution in [3.8, 4) is 0 Å². The topological polar surface area (TPSA) is 12.0 Å². The molecule has 3 atom stereocenters. The molecule has 1 nitrogen and oxygen atoms in total. The summed E-state index contributed by atoms with van der Waals surface area (Å²) in [5.74, 6) is 1.52. The SMILES string of the molecule is C=C(NC1CCC2CC21)/C(F)=C\C. The largest absolute Gasteiger partial charge is 0.380 e. The van der Waals surface area contributed by atoms with Crippen LogP contribution in [0.4, 0.5) is 4.39 Å². The molecule has 13 heavy (non-hydrogen) atoms. The maximum Gasteiger partial charge on any atom is 0.141 e. The Hall–Kier alpha value is -0.790. The molecule has 2 fully saturated rings. The fraction of sp³-hybridized carbons (Fsp3) is 0.636. The lowest BCUT2D eigenvalue weighted by Gasteiger charge is -2.16. The Morgan fingerprint density at radius 2 is 2.31 bits per heavy atom. The van der Waals surface area contributed by atoms with Gasteiger partial charge in [-0.05, 0) is 44.1 Å². The maximum atomic E-state index is 13.0. The van der Waals surface area contributed by atoms with Gasteiger partial charge in [0.25, 0.3) is 0 Å². The molecule has 72 valence electrons. The van der Waals surface area contributed by atoms with Crippen LogP contribution >= 0.6 is 0 Å². The second kappa shape index (κ2) is 3.17. The van der Waals surface area contributed by atoms with E-state index in [1.165, 1.54) is 25.3 Å². The minimum Gasteiger partial charge on any atom is -0.380 e. The summed E-state index contributed by atoms with van der Waals surface area (Å²) in [6, 6.07) is 0.489. The van der Waals surface area contributed by atoms with Crippen molar-refractivity contribution < 1.29 is 4.39 Å². The molecule has 0 aromatic rings. The molecule has 1 N–H and O–H groups in total. The van der Waals surface area contributed by atoms with Gasteiger partial charge in [0, 0.05) is 6.04 Å². The summed E-state index contributed by atoms with van der Waals surface area (Å²) in [6.07, 6.45) is 5.29. The zero-order chi connectivity index (χ0) is 9.42. The molecule has 0 bridgehead atoms. The number of fused-ring (bicyclic) bond motifs is 1. The zero-order valence-corrected chi connectivity index (χ0v) is 8.02. The van der Waals surface area contributed by atoms with Crippen LogP contribution in [0.1, 0.15) is 26.2 Å². The van der Waals surface area contributed by atoms with Gasteiger partial charge in [0.05, 0.1) is 5.70 Å². The lowest BCUT2D eigenvalue weighted by atomic mass is 10.1. The van der Waals surface area contributed by atoms with Crippen molar-refractivity contribution in [2.24, 2.45) is 11.8 Å². The van der Waals surface area contributed by atoms with Gasteiger partial charge in [-0.25, -0.2) is 4.39 Å². The standard InChI is InChI=1S/C11H16FN/c1-3-10(12)7(2)13-11-5-4-8-6-9(8)11/h3,8-9,11,13H,2,4-6H2,1H3/b10-3+. The van der Waals surface area contributed by atoms with Crippen LogP contribution in [0.3, 0.4) is 0 Å². The maximum absolute atomic E-state index is 13.0. The van der Waals surface area contributed by atoms with E-state index in [4.69, 9.17) is 0 Å². The molecular formula is C11H16FN. The first-order valence-corrected chi connectivity index (χ1v) is 5.00. The minimum absolute atomic E-state index is 0.218. The first-order valence-electron chi connectivity index (χ1n) is 5.00. The first kappa shape index (κ1) is 8.79. The van der Waals surface area contributed by atoms with Gasteiger partial charge < -0.3 is 5.32 Å². The van der Waals surface area contributed by atoms with Crippen LogP contribution < -0.4 is 5.32 Å². The molecule has 2 aliphatic rings. The van der Waals surface area contributed by atoms with Crippen molar-refractivity contribution >= 4 is 0 Å². The second-order valence-corrected chi connectivity index (χ2v) is 4.10. The van der Waals surface area contributed by atoms with Crippen molar-refractivity contribution in [2.75, 3.05) is 0 Å². The van der Waals surface area contributed by atoms with E-state index in [-0.39, 0.29) is 5.83 Å². The van der Waals surface area contributed by atoms with Gasteiger partial charge in [-0.1, -0.05) is 6.58 Å². The highest BCUT2D eigenvalue weighted by molar-refractivity contribution is 5.21. The summed E-state index contributed by atoms with van der Waals surface area (Å²) in [6.45, 7) is 5.38. The molecule has 0 spiro atoms. The third-order valence-corrected chi connectivity index (χ3v) is 3.24. The van der Waals surface area contributed by atoms with Crippen LogP contribution in [-0.2, 0) is 0 Å². The van der Waals surface area contributed by atoms with Crippen LogP contribution in [0.5, 0.6) is 0 Å². The smallest absolute Gasteiger partial charge is 0.141 e. The van der Waals surface area contributed by atoms with Crippen molar-refractivity contribution in [1.29, 1.82) is 0 Å². The quantitative estimate of drug-likeness (QED) is 0.660. The highest BCUT2D eigenvalue weighted by Crippen LogP contribution is 2.51. The highest BCUT2D eigenvalue weighted by Gasteiger charge is 2.48. The Bertz CT molecular complexity index is 257. The van der Waals surface area contributed by atoms with Gasteiger partial charge in [0.2, 0.25) is 0 Å². The number of hydrogen-bond donors (Lipinski definition) is 1. The average molecular weight is 181 g/mol. The molecule has 2 heteroatoms. The molecule has 3 unspecified atom stereocenters. The number of nitrogens with one attached hydrogen (secondary N) is 1. The van der Waals surface area contributed by atoms with Gasteiger partial charge in [0.15, 0.2) is 0 Å². The van der Waals surface area contributed by atoms with E-state index in [1.54, 1.807) is 6.92 Å². The van der Waals surface area contributed by atoms with E-state index in [0.29, 0.717) is 11.7 Å². The van der Waals surface area contributed by atoms with E-state index in [0.717, 1.165) is 11.8 Å². The summed E-state index contributed by atoms with van der Waals surface area (Å²) < 4.78 is 13.0. The van der Waals surface area contributed by atoms with Crippen LogP contribution in [-0.4, -0.2) is 6.04 Å². The first-order chi connectivity index (χ1) is 6.22. The fourth-order valence-corrected chi connectivity index (χ4v) is 2.35. The predicted octanol–water partition coefficient (Wildman–Crippen LogP) is 2.76. The average Bonchev–Trinajstić information content (AvgIpc) is 2.82. The molecule has 2 saturated carbocycles. The van der Waals surface area contributed by atoms with E-state index < -0.39 is 0 Å². The summed E-state index contributed by atoms with van der Waals surface area (Å²) in [5.41, 5.74) is 0.458. The summed E-state index contributed by atoms with van der Waals surface area (Å²) in [4.78, 5) is 0. The zero-order valence-electron chi connectivity index (χ0n) is 8.02. The normalized spacial score (nSPS) is 37.1. The summed E-state index contributed by atoms with van der Waals surface area (Å²) in [5, 5.41) is 3.18. The van der Waals surface area contributed by atoms with Crippen LogP contribution in [0, 0.1) is 11.8 Å². The monoisotopic (exact) mass is 181 g/mol. The molecule has 0 aromatic carbocycles. The number of rotatable bonds is 3. The van der Waals surface area contributed by atoms with Crippen LogP contribution in [0.15, 0.2) is 24.2 Å². The van der Waals surface area contributed by atoms with Gasteiger partial charge in [0.1, 0.15) is 5.83 Å². The van der Waals surface area contributed by atoms with E-state index in [1.807, 2.05) is 0 Å². The molecule has 2 aliphatic carbocycles. The minimum atomic E-state index is -0.218. The van der Waals surface area contributed by atoms with E-state index in [2.05, 4.69) is 11.9 Å². The molecule has 0 radical (unpaired) electrons. The van der Waals surface area contributed by atoms with Crippen LogP contribution in [0.25, 0.3) is 0 Å². The Morgan fingerprint density at radius 1 is 1.54 bits per heavy atom. The molecule has 0 amide bonds. The fourth-order valence-electron chi connectivity index (χ4n) is 2.35. The molecule has 0 saturated heterocycles. The molecule has 0 aliphatic heterocycles. The number of hydrogen-bond acceptors (Lipinski definition) is 1. The van der Waals surface area contributed by atoms with Gasteiger partial charge >= 0.3 is 0 Å². The van der Waals surface area contributed by atoms with Gasteiger partial charge in [-0.3, -0.25) is 0 Å². The lowest BCUT2D eigenvalue weighted by molar-refractivity contribution is 0.505. The lowest BCUT2D eigenvalue weighted by Crippen LogP contribution is -2.28. The van der Waals surface area contributed by atoms with E-state index >= 15 is 0 Å². The summed E-state index contributed by atoms with van der Waals surface area (Å²) >= 11 is 0. The Balaban J connectivity index is 1.87. The molecule has 0 aromatic heterocycles. The molecule has 2 rings (SSSR count). The van der Waals surface area contributed by atoms with Crippen LogP contribution in [0.2, 0.25) is 0 Å². The molecular weight excluding hydrogens is 165 g/mol. The van der Waals surface area contributed by atoms with Crippen molar-refractivity contribution in [3.05, 3.63) is 24.2 Å². The number of allylic oxidation sites excluding steroid dienone is 2. The Kier molecular flexibility index (Phi) is 2.14. The highest BCUT2D eigenvalue weighted by atomic mass is 19.1. The predicted molar refractivity (Wildman–Crippen MR) is 51.8 cm³/mol. The van der Waals surface area contributed by atoms with Crippen molar-refractivity contribution in [1.82, 2.24) is 5.32 Å².